The van der Waals surface area contributed by atoms with Crippen molar-refractivity contribution in [2.24, 2.45) is 0 Å². The number of halogens is 2. The topological polar surface area (TPSA) is 89.3 Å². The minimum absolute atomic E-state index is 0. The summed E-state index contributed by atoms with van der Waals surface area (Å²) in [6, 6.07) is 11.1. The Labute approximate surface area is 147 Å². The molecule has 0 aliphatic heterocycles. The van der Waals surface area contributed by atoms with Gasteiger partial charge in [-0.3, -0.25) is 0 Å². The first-order valence-corrected chi connectivity index (χ1v) is 7.07. The average Bonchev–Trinajstić information content (AvgIpc) is 2.47. The maximum atomic E-state index is 11.3. The second kappa shape index (κ2) is 7.57. The molecule has 5 N–H and O–H groups in total. The van der Waals surface area contributed by atoms with E-state index < -0.39 is 5.97 Å². The van der Waals surface area contributed by atoms with E-state index >= 15 is 0 Å². The molecule has 124 valence electrons. The first-order valence-electron chi connectivity index (χ1n) is 7.07. The van der Waals surface area contributed by atoms with Crippen molar-refractivity contribution < 1.29 is 9.90 Å². The number of nitrogen functional groups attached to an aromatic ring is 2. The van der Waals surface area contributed by atoms with Crippen molar-refractivity contribution in [1.82, 2.24) is 0 Å². The van der Waals surface area contributed by atoms with Gasteiger partial charge < -0.3 is 16.6 Å². The lowest BCUT2D eigenvalue weighted by molar-refractivity contribution is 0.0696. The molecule has 23 heavy (non-hydrogen) atoms. The van der Waals surface area contributed by atoms with Crippen LogP contribution in [0.1, 0.15) is 45.8 Å². The molecule has 0 spiro atoms. The number of anilines is 2. The molecule has 1 atom stereocenters. The van der Waals surface area contributed by atoms with Crippen molar-refractivity contribution in [2.45, 2.75) is 25.2 Å². The van der Waals surface area contributed by atoms with Gasteiger partial charge in [0.05, 0.1) is 5.56 Å². The average molecular weight is 355 g/mol. The van der Waals surface area contributed by atoms with Crippen LogP contribution in [0.25, 0.3) is 0 Å². The van der Waals surface area contributed by atoms with Gasteiger partial charge in [-0.1, -0.05) is 12.1 Å². The van der Waals surface area contributed by atoms with E-state index in [-0.39, 0.29) is 36.3 Å². The highest BCUT2D eigenvalue weighted by Gasteiger charge is 2.25. The highest BCUT2D eigenvalue weighted by molar-refractivity contribution is 5.89. The Morgan fingerprint density at radius 1 is 1.09 bits per heavy atom. The third-order valence-electron chi connectivity index (χ3n) is 4.20. The minimum Gasteiger partial charge on any atom is -0.478 e. The summed E-state index contributed by atoms with van der Waals surface area (Å²) < 4.78 is 0. The molecule has 4 nitrogen and oxygen atoms in total. The summed E-state index contributed by atoms with van der Waals surface area (Å²) in [7, 11) is 0. The lowest BCUT2D eigenvalue weighted by Crippen LogP contribution is -2.15. The zero-order valence-electron chi connectivity index (χ0n) is 12.5. The highest BCUT2D eigenvalue weighted by Crippen LogP contribution is 2.39. The van der Waals surface area contributed by atoms with E-state index in [1.165, 1.54) is 0 Å². The van der Waals surface area contributed by atoms with Crippen LogP contribution in [-0.2, 0) is 6.42 Å². The van der Waals surface area contributed by atoms with Gasteiger partial charge in [-0.15, -0.1) is 24.8 Å². The molecule has 0 saturated carbocycles. The Morgan fingerprint density at radius 3 is 2.35 bits per heavy atom. The summed E-state index contributed by atoms with van der Waals surface area (Å²) in [5.74, 6) is -0.748. The van der Waals surface area contributed by atoms with Crippen LogP contribution in [0.15, 0.2) is 36.4 Å². The van der Waals surface area contributed by atoms with Crippen molar-refractivity contribution in [3.05, 3.63) is 58.7 Å². The van der Waals surface area contributed by atoms with E-state index in [4.69, 9.17) is 11.5 Å². The van der Waals surface area contributed by atoms with Crippen LogP contribution >= 0.6 is 24.8 Å². The van der Waals surface area contributed by atoms with Crippen LogP contribution in [-0.4, -0.2) is 11.1 Å². The van der Waals surface area contributed by atoms with E-state index in [2.05, 4.69) is 0 Å². The molecule has 6 heteroatoms. The summed E-state index contributed by atoms with van der Waals surface area (Å²) >= 11 is 0. The fourth-order valence-electron chi connectivity index (χ4n) is 3.15. The highest BCUT2D eigenvalue weighted by atomic mass is 35.5. The number of rotatable bonds is 2. The van der Waals surface area contributed by atoms with Gasteiger partial charge in [-0.25, -0.2) is 4.79 Å². The molecular formula is C17H20Cl2N2O2. The predicted molar refractivity (Wildman–Crippen MR) is 97.9 cm³/mol. The van der Waals surface area contributed by atoms with Gasteiger partial charge in [0.1, 0.15) is 0 Å². The van der Waals surface area contributed by atoms with Gasteiger partial charge >= 0.3 is 5.97 Å². The second-order valence-electron chi connectivity index (χ2n) is 5.55. The molecule has 0 aromatic heterocycles. The molecule has 1 aliphatic carbocycles. The lowest BCUT2D eigenvalue weighted by Gasteiger charge is -2.27. The smallest absolute Gasteiger partial charge is 0.335 e. The van der Waals surface area contributed by atoms with E-state index in [9.17, 15) is 9.90 Å². The summed E-state index contributed by atoms with van der Waals surface area (Å²) in [4.78, 5) is 11.3. The zero-order valence-corrected chi connectivity index (χ0v) is 14.1. The third kappa shape index (κ3) is 3.71. The molecule has 2 aromatic rings. The maximum absolute atomic E-state index is 11.3. The lowest BCUT2D eigenvalue weighted by atomic mass is 9.77. The van der Waals surface area contributed by atoms with Crippen molar-refractivity contribution in [1.29, 1.82) is 0 Å². The van der Waals surface area contributed by atoms with Crippen LogP contribution in [0.4, 0.5) is 11.4 Å². The monoisotopic (exact) mass is 354 g/mol. The fraction of sp³-hybridized carbons (Fsp3) is 0.235. The molecule has 0 saturated heterocycles. The molecule has 1 aliphatic rings. The molecule has 1 unspecified atom stereocenters. The van der Waals surface area contributed by atoms with Crippen molar-refractivity contribution in [3.8, 4) is 0 Å². The maximum Gasteiger partial charge on any atom is 0.335 e. The summed E-state index contributed by atoms with van der Waals surface area (Å²) in [6.07, 6.45) is 2.96. The van der Waals surface area contributed by atoms with E-state index in [0.29, 0.717) is 5.69 Å². The number of hydrogen-bond acceptors (Lipinski definition) is 3. The number of nitrogens with two attached hydrogens (primary N) is 2. The molecule has 0 heterocycles. The van der Waals surface area contributed by atoms with Crippen LogP contribution < -0.4 is 11.5 Å². The Balaban J connectivity index is 0.00000132. The number of hydrogen-bond donors (Lipinski definition) is 3. The normalized spacial score (nSPS) is 15.7. The molecule has 0 bridgehead atoms. The number of fused-ring (bicyclic) bond motifs is 1. The number of carboxylic acid groups (broad SMARTS) is 1. The zero-order chi connectivity index (χ0) is 15.0. The number of carbonyl (C=O) groups is 1. The van der Waals surface area contributed by atoms with E-state index in [0.717, 1.165) is 41.6 Å². The van der Waals surface area contributed by atoms with Crippen molar-refractivity contribution in [2.75, 3.05) is 11.5 Å². The van der Waals surface area contributed by atoms with Crippen LogP contribution in [0.2, 0.25) is 0 Å². The largest absolute Gasteiger partial charge is 0.478 e. The predicted octanol–water partition coefficient (Wildman–Crippen LogP) is 3.86. The van der Waals surface area contributed by atoms with E-state index in [1.807, 2.05) is 24.3 Å². The molecule has 3 rings (SSSR count). The first-order chi connectivity index (χ1) is 10.1. The Morgan fingerprint density at radius 2 is 1.74 bits per heavy atom. The van der Waals surface area contributed by atoms with Gasteiger partial charge in [-0.2, -0.15) is 0 Å². The summed E-state index contributed by atoms with van der Waals surface area (Å²) in [6.45, 7) is 0. The van der Waals surface area contributed by atoms with E-state index in [1.54, 1.807) is 12.1 Å². The van der Waals surface area contributed by atoms with Crippen molar-refractivity contribution >= 4 is 42.2 Å². The Hall–Kier alpha value is -1.91. The number of benzene rings is 2. The molecule has 0 radical (unpaired) electrons. The van der Waals surface area contributed by atoms with Crippen LogP contribution in [0.3, 0.4) is 0 Å². The van der Waals surface area contributed by atoms with Gasteiger partial charge in [-0.05, 0) is 60.2 Å². The SMILES string of the molecule is Cl.Cl.Nc1ccc(C2CCCc3c(N)cc(C(=O)O)cc32)cc1. The molecular weight excluding hydrogens is 335 g/mol. The summed E-state index contributed by atoms with van der Waals surface area (Å²) in [5.41, 5.74) is 16.7. The van der Waals surface area contributed by atoms with Crippen LogP contribution in [0, 0.1) is 0 Å². The molecule has 0 fully saturated rings. The second-order valence-corrected chi connectivity index (χ2v) is 5.55. The Kier molecular flexibility index (Phi) is 6.30. The van der Waals surface area contributed by atoms with Gasteiger partial charge in [0.15, 0.2) is 0 Å². The number of aromatic carboxylic acids is 1. The number of carboxylic acids is 1. The first kappa shape index (κ1) is 19.1. The molecule has 2 aromatic carbocycles. The quantitative estimate of drug-likeness (QED) is 0.714. The van der Waals surface area contributed by atoms with Crippen LogP contribution in [0.5, 0.6) is 0 Å². The third-order valence-corrected chi connectivity index (χ3v) is 4.20. The van der Waals surface area contributed by atoms with Gasteiger partial charge in [0, 0.05) is 17.3 Å². The summed E-state index contributed by atoms with van der Waals surface area (Å²) in [5, 5.41) is 9.23. The standard InChI is InChI=1S/C17H18N2O2.2ClH/c18-12-6-4-10(5-7-12)13-2-1-3-14-15(13)8-11(17(20)21)9-16(14)19;;/h4-9,13H,1-3,18-19H2,(H,20,21);2*1H. The fourth-order valence-corrected chi connectivity index (χ4v) is 3.15. The van der Waals surface area contributed by atoms with Gasteiger partial charge in [0.2, 0.25) is 0 Å². The van der Waals surface area contributed by atoms with Crippen molar-refractivity contribution in [3.63, 3.8) is 0 Å². The Bertz CT molecular complexity index is 702. The minimum atomic E-state index is -0.939. The molecule has 0 amide bonds. The van der Waals surface area contributed by atoms with Gasteiger partial charge in [0.25, 0.3) is 0 Å².